The quantitative estimate of drug-likeness (QED) is 0.612. The maximum Gasteiger partial charge on any atom is 0.0777 e. The van der Waals surface area contributed by atoms with Gasteiger partial charge in [0, 0.05) is 18.4 Å². The van der Waals surface area contributed by atoms with E-state index in [-0.39, 0.29) is 0 Å². The highest BCUT2D eigenvalue weighted by Crippen LogP contribution is 2.29. The molecule has 0 aliphatic carbocycles. The molecule has 0 amide bonds. The fraction of sp³-hybridized carbons (Fsp3) is 0.500. The van der Waals surface area contributed by atoms with Crippen LogP contribution in [0.1, 0.15) is 24.4 Å². The van der Waals surface area contributed by atoms with Gasteiger partial charge in [0.2, 0.25) is 0 Å². The number of hydrogen-bond acceptors (Lipinski definition) is 6. The van der Waals surface area contributed by atoms with Crippen LogP contribution in [0, 0.1) is 10.2 Å². The lowest BCUT2D eigenvalue weighted by atomic mass is 10.1. The molecule has 0 radical (unpaired) electrons. The Kier molecular flexibility index (Phi) is 5.26. The summed E-state index contributed by atoms with van der Waals surface area (Å²) in [4.78, 5) is 6.54. The first kappa shape index (κ1) is 14.3. The van der Waals surface area contributed by atoms with Gasteiger partial charge < -0.3 is 0 Å². The molecule has 96 valence electrons. The molecule has 1 N–H and O–H groups in total. The molecule has 1 saturated heterocycles. The highest BCUT2D eigenvalue weighted by molar-refractivity contribution is 5.14. The van der Waals surface area contributed by atoms with Gasteiger partial charge in [0.05, 0.1) is 14.9 Å². The number of hydrogen-bond donors (Lipinski definition) is 1. The first-order valence-electron chi connectivity index (χ1n) is 5.11. The van der Waals surface area contributed by atoms with Crippen molar-refractivity contribution in [1.29, 1.82) is 0 Å². The molecule has 6 nitrogen and oxygen atoms in total. The monoisotopic (exact) mass is 262 g/mol. The average molecular weight is 263 g/mol. The van der Waals surface area contributed by atoms with Gasteiger partial charge in [-0.05, 0) is 38.1 Å². The van der Waals surface area contributed by atoms with E-state index in [4.69, 9.17) is 18.6 Å². The van der Waals surface area contributed by atoms with Gasteiger partial charge in [-0.25, -0.2) is 0 Å². The van der Waals surface area contributed by atoms with Gasteiger partial charge in [-0.2, -0.15) is 14.0 Å². The Labute approximate surface area is 102 Å². The van der Waals surface area contributed by atoms with Crippen molar-refractivity contribution in [1.82, 2.24) is 9.88 Å². The molecule has 2 rings (SSSR count). The normalized spacial score (nSPS) is 20.9. The van der Waals surface area contributed by atoms with Gasteiger partial charge in [0.1, 0.15) is 0 Å². The summed E-state index contributed by atoms with van der Waals surface area (Å²) >= 11 is 0. The minimum atomic E-state index is -4.69. The zero-order valence-electron chi connectivity index (χ0n) is 9.45. The van der Waals surface area contributed by atoms with Crippen LogP contribution in [-0.4, -0.2) is 28.1 Å². The maximum absolute atomic E-state index is 8.60. The molecular formula is C10H15ClN2O4. The van der Waals surface area contributed by atoms with Crippen molar-refractivity contribution >= 4 is 0 Å². The smallest absolute Gasteiger partial charge is 0.0777 e. The van der Waals surface area contributed by atoms with E-state index in [2.05, 4.69) is 23.0 Å². The van der Waals surface area contributed by atoms with E-state index in [1.165, 1.54) is 24.9 Å². The number of halogens is 1. The third-order valence-electron chi connectivity index (χ3n) is 2.59. The van der Waals surface area contributed by atoms with E-state index in [0.717, 1.165) is 0 Å². The molecule has 1 aliphatic rings. The average Bonchev–Trinajstić information content (AvgIpc) is 2.63. The molecule has 0 aromatic carbocycles. The van der Waals surface area contributed by atoms with Gasteiger partial charge in [-0.1, -0.05) is 6.07 Å². The van der Waals surface area contributed by atoms with Gasteiger partial charge in [0.15, 0.2) is 0 Å². The van der Waals surface area contributed by atoms with Crippen molar-refractivity contribution in [2.75, 3.05) is 13.6 Å². The number of rotatable bonds is 1. The number of nitrogens with zero attached hydrogens (tertiary/aromatic N) is 2. The van der Waals surface area contributed by atoms with Crippen LogP contribution in [0.25, 0.3) is 0 Å². The Morgan fingerprint density at radius 1 is 1.47 bits per heavy atom. The van der Waals surface area contributed by atoms with E-state index >= 15 is 0 Å². The number of pyridine rings is 1. The highest BCUT2D eigenvalue weighted by Gasteiger charge is 2.21. The molecule has 1 unspecified atom stereocenters. The van der Waals surface area contributed by atoms with Crippen LogP contribution >= 0.6 is 0 Å². The van der Waals surface area contributed by atoms with Crippen molar-refractivity contribution in [2.45, 2.75) is 18.9 Å². The Hall–Kier alpha value is -0.760. The summed E-state index contributed by atoms with van der Waals surface area (Å²) < 4.78 is 32.7. The first-order chi connectivity index (χ1) is 7.88. The van der Waals surface area contributed by atoms with Gasteiger partial charge in [-0.3, -0.25) is 9.88 Å². The number of likely N-dealkylation sites (tertiary alicyclic amines) is 1. The maximum atomic E-state index is 8.60. The molecule has 7 heteroatoms. The van der Waals surface area contributed by atoms with Crippen molar-refractivity contribution in [3.63, 3.8) is 0 Å². The summed E-state index contributed by atoms with van der Waals surface area (Å²) in [6.45, 7) is 1.22. The summed E-state index contributed by atoms with van der Waals surface area (Å²) in [5.74, 6) is 0. The second-order valence-corrected chi connectivity index (χ2v) is 4.61. The van der Waals surface area contributed by atoms with E-state index < -0.39 is 10.2 Å². The molecule has 1 aliphatic heterocycles. The Bertz CT molecular complexity index is 325. The fourth-order valence-corrected chi connectivity index (χ4v) is 1.90. The summed E-state index contributed by atoms with van der Waals surface area (Å²) in [5, 5.41) is 0. The summed E-state index contributed by atoms with van der Waals surface area (Å²) in [5.41, 5.74) is 1.36. The Morgan fingerprint density at radius 3 is 2.53 bits per heavy atom. The van der Waals surface area contributed by atoms with Crippen LogP contribution in [0.2, 0.25) is 0 Å². The Morgan fingerprint density at radius 2 is 2.12 bits per heavy atom. The lowest BCUT2D eigenvalue weighted by Crippen LogP contribution is -2.58. The van der Waals surface area contributed by atoms with Crippen LogP contribution in [0.3, 0.4) is 0 Å². The van der Waals surface area contributed by atoms with Crippen LogP contribution in [-0.2, 0) is 0 Å². The number of aromatic nitrogens is 1. The zero-order valence-corrected chi connectivity index (χ0v) is 10.2. The second kappa shape index (κ2) is 6.25. The largest absolute Gasteiger partial charge is 0.299 e. The molecule has 0 spiro atoms. The summed E-state index contributed by atoms with van der Waals surface area (Å²) in [6.07, 6.45) is 6.41. The molecule has 2 heterocycles. The SMILES string of the molecule is CN1CCCC1c1cccnc1.[O-][Cl+3]([O-])([O-])O. The summed E-state index contributed by atoms with van der Waals surface area (Å²) in [7, 11) is -2.51. The van der Waals surface area contributed by atoms with Crippen molar-refractivity contribution < 1.29 is 28.9 Å². The molecule has 0 saturated carbocycles. The molecule has 1 aromatic rings. The van der Waals surface area contributed by atoms with Crippen LogP contribution < -0.4 is 14.0 Å². The lowest BCUT2D eigenvalue weighted by Gasteiger charge is -2.18. The van der Waals surface area contributed by atoms with Crippen molar-refractivity contribution in [2.24, 2.45) is 0 Å². The van der Waals surface area contributed by atoms with E-state index in [9.17, 15) is 0 Å². The third kappa shape index (κ3) is 5.92. The fourth-order valence-electron chi connectivity index (χ4n) is 1.90. The van der Waals surface area contributed by atoms with E-state index in [1.54, 1.807) is 0 Å². The van der Waals surface area contributed by atoms with Gasteiger partial charge in [0.25, 0.3) is 0 Å². The van der Waals surface area contributed by atoms with Crippen molar-refractivity contribution in [3.05, 3.63) is 30.1 Å². The summed E-state index contributed by atoms with van der Waals surface area (Å²) in [6, 6.07) is 4.79. The molecule has 1 aromatic heterocycles. The predicted molar refractivity (Wildman–Crippen MR) is 51.1 cm³/mol. The molecule has 1 fully saturated rings. The van der Waals surface area contributed by atoms with Gasteiger partial charge >= 0.3 is 0 Å². The van der Waals surface area contributed by atoms with Gasteiger partial charge in [-0.15, -0.1) is 0 Å². The second-order valence-electron chi connectivity index (χ2n) is 3.82. The van der Waals surface area contributed by atoms with Crippen LogP contribution in [0.4, 0.5) is 0 Å². The van der Waals surface area contributed by atoms with E-state index in [0.29, 0.717) is 6.04 Å². The molecule has 0 bridgehead atoms. The van der Waals surface area contributed by atoms with Crippen LogP contribution in [0.15, 0.2) is 24.5 Å². The van der Waals surface area contributed by atoms with E-state index in [1.807, 2.05) is 18.5 Å². The first-order valence-corrected chi connectivity index (χ1v) is 6.37. The predicted octanol–water partition coefficient (Wildman–Crippen LogP) is -2.28. The molecule has 1 atom stereocenters. The zero-order chi connectivity index (χ0) is 12.9. The molecular weight excluding hydrogens is 248 g/mol. The highest BCUT2D eigenvalue weighted by atomic mass is 35.7. The van der Waals surface area contributed by atoms with Crippen molar-refractivity contribution in [3.8, 4) is 0 Å². The topological polar surface area (TPSA) is 106 Å². The third-order valence-corrected chi connectivity index (χ3v) is 2.59. The Balaban J connectivity index is 0.000000249. The molecule has 17 heavy (non-hydrogen) atoms. The minimum Gasteiger partial charge on any atom is -0.299 e. The minimum absolute atomic E-state index is 0.610. The lowest BCUT2D eigenvalue weighted by molar-refractivity contribution is -1.92. The standard InChI is InChI=1S/C10H14N2.ClHO4/c1-12-7-3-5-10(12)9-4-2-6-11-8-9;2-1(3,4)5/h2,4,6,8,10H,3,5,7H2,1H3;(H,2,3,4,5). The van der Waals surface area contributed by atoms with Crippen LogP contribution in [0.5, 0.6) is 0 Å².